The molecule has 2 rings (SSSR count). The van der Waals surface area contributed by atoms with Gasteiger partial charge in [0.15, 0.2) is 0 Å². The Morgan fingerprint density at radius 2 is 1.44 bits per heavy atom. The first kappa shape index (κ1) is 13.1. The summed E-state index contributed by atoms with van der Waals surface area (Å²) in [4.78, 5) is 0. The molecular weight excluding hydrogens is 242 g/mol. The number of halogens is 1. The van der Waals surface area contributed by atoms with Gasteiger partial charge < -0.3 is 5.73 Å². The molecule has 0 aromatic heterocycles. The first-order valence-electron chi connectivity index (χ1n) is 6.09. The predicted octanol–water partition coefficient (Wildman–Crippen LogP) is 4.31. The van der Waals surface area contributed by atoms with E-state index in [0.717, 1.165) is 21.7 Å². The van der Waals surface area contributed by atoms with Gasteiger partial charge >= 0.3 is 0 Å². The van der Waals surface area contributed by atoms with Crippen molar-refractivity contribution in [2.45, 2.75) is 26.8 Å². The van der Waals surface area contributed by atoms with Gasteiger partial charge in [0.05, 0.1) is 6.04 Å². The van der Waals surface area contributed by atoms with Gasteiger partial charge in [-0.25, -0.2) is 0 Å². The fourth-order valence-electron chi connectivity index (χ4n) is 2.19. The van der Waals surface area contributed by atoms with Crippen LogP contribution in [0.3, 0.4) is 0 Å². The van der Waals surface area contributed by atoms with Gasteiger partial charge in [0.1, 0.15) is 0 Å². The quantitative estimate of drug-likeness (QED) is 0.854. The molecule has 2 aromatic rings. The number of hydrogen-bond acceptors (Lipinski definition) is 1. The summed E-state index contributed by atoms with van der Waals surface area (Å²) < 4.78 is 0. The largest absolute Gasteiger partial charge is 0.320 e. The molecule has 0 saturated heterocycles. The lowest BCUT2D eigenvalue weighted by Gasteiger charge is -2.18. The third-order valence-electron chi connectivity index (χ3n) is 3.54. The summed E-state index contributed by atoms with van der Waals surface area (Å²) in [7, 11) is 0. The molecule has 0 spiro atoms. The predicted molar refractivity (Wildman–Crippen MR) is 78.1 cm³/mol. The SMILES string of the molecule is Cc1cccc(C(N)c2cccc(C)c2Cl)c1C. The molecule has 0 bridgehead atoms. The highest BCUT2D eigenvalue weighted by Crippen LogP contribution is 2.30. The van der Waals surface area contributed by atoms with Crippen LogP contribution in [-0.4, -0.2) is 0 Å². The van der Waals surface area contributed by atoms with E-state index in [4.69, 9.17) is 17.3 Å². The van der Waals surface area contributed by atoms with Crippen molar-refractivity contribution in [3.05, 3.63) is 69.2 Å². The summed E-state index contributed by atoms with van der Waals surface area (Å²) in [6.07, 6.45) is 0. The number of rotatable bonds is 2. The van der Waals surface area contributed by atoms with Gasteiger partial charge in [-0.2, -0.15) is 0 Å². The van der Waals surface area contributed by atoms with Crippen molar-refractivity contribution >= 4 is 11.6 Å². The maximum Gasteiger partial charge on any atom is 0.0569 e. The first-order valence-corrected chi connectivity index (χ1v) is 6.47. The maximum atomic E-state index is 6.37. The number of hydrogen-bond donors (Lipinski definition) is 1. The normalized spacial score (nSPS) is 12.5. The van der Waals surface area contributed by atoms with E-state index in [0.29, 0.717) is 0 Å². The van der Waals surface area contributed by atoms with Gasteiger partial charge in [0.2, 0.25) is 0 Å². The zero-order valence-corrected chi connectivity index (χ0v) is 11.8. The summed E-state index contributed by atoms with van der Waals surface area (Å²) in [5, 5.41) is 0.769. The molecule has 0 aliphatic heterocycles. The van der Waals surface area contributed by atoms with Gasteiger partial charge in [-0.1, -0.05) is 48.0 Å². The minimum absolute atomic E-state index is 0.169. The minimum Gasteiger partial charge on any atom is -0.320 e. The van der Waals surface area contributed by atoms with Gasteiger partial charge in [0.25, 0.3) is 0 Å². The van der Waals surface area contributed by atoms with Crippen molar-refractivity contribution in [3.63, 3.8) is 0 Å². The Balaban J connectivity index is 2.51. The van der Waals surface area contributed by atoms with Crippen molar-refractivity contribution in [2.75, 3.05) is 0 Å². The average Bonchev–Trinajstić information content (AvgIpc) is 2.35. The van der Waals surface area contributed by atoms with Crippen molar-refractivity contribution in [2.24, 2.45) is 5.73 Å². The van der Waals surface area contributed by atoms with E-state index in [1.807, 2.05) is 31.2 Å². The standard InChI is InChI=1S/C16H18ClN/c1-10-6-4-8-13(12(10)3)16(18)14-9-5-7-11(2)15(14)17/h4-9,16H,18H2,1-3H3. The van der Waals surface area contributed by atoms with E-state index in [9.17, 15) is 0 Å². The maximum absolute atomic E-state index is 6.37. The van der Waals surface area contributed by atoms with E-state index < -0.39 is 0 Å². The van der Waals surface area contributed by atoms with Crippen LogP contribution < -0.4 is 5.73 Å². The molecule has 2 heteroatoms. The van der Waals surface area contributed by atoms with Crippen LogP contribution in [0, 0.1) is 20.8 Å². The molecule has 1 atom stereocenters. The Kier molecular flexibility index (Phi) is 3.74. The second-order valence-corrected chi connectivity index (χ2v) is 5.12. The lowest BCUT2D eigenvalue weighted by Crippen LogP contribution is -2.14. The molecule has 1 unspecified atom stereocenters. The Labute approximate surface area is 114 Å². The topological polar surface area (TPSA) is 26.0 Å². The zero-order valence-electron chi connectivity index (χ0n) is 11.0. The highest BCUT2D eigenvalue weighted by atomic mass is 35.5. The summed E-state index contributed by atoms with van der Waals surface area (Å²) in [5.41, 5.74) is 12.1. The van der Waals surface area contributed by atoms with E-state index >= 15 is 0 Å². The first-order chi connectivity index (χ1) is 8.52. The van der Waals surface area contributed by atoms with E-state index in [2.05, 4.69) is 26.0 Å². The molecule has 2 N–H and O–H groups in total. The summed E-state index contributed by atoms with van der Waals surface area (Å²) in [6.45, 7) is 6.21. The van der Waals surface area contributed by atoms with Gasteiger partial charge in [-0.05, 0) is 48.6 Å². The number of benzene rings is 2. The third kappa shape index (κ3) is 2.29. The minimum atomic E-state index is -0.169. The van der Waals surface area contributed by atoms with Crippen LogP contribution in [0.25, 0.3) is 0 Å². The molecule has 1 nitrogen and oxygen atoms in total. The molecular formula is C16H18ClN. The second-order valence-electron chi connectivity index (χ2n) is 4.74. The lowest BCUT2D eigenvalue weighted by atomic mass is 9.92. The van der Waals surface area contributed by atoms with Crippen LogP contribution in [0.15, 0.2) is 36.4 Å². The molecule has 0 aliphatic rings. The lowest BCUT2D eigenvalue weighted by molar-refractivity contribution is 0.857. The Morgan fingerprint density at radius 3 is 2.11 bits per heavy atom. The molecule has 0 aliphatic carbocycles. The summed E-state index contributed by atoms with van der Waals surface area (Å²) >= 11 is 6.35. The van der Waals surface area contributed by atoms with Crippen LogP contribution in [0.5, 0.6) is 0 Å². The van der Waals surface area contributed by atoms with Crippen molar-refractivity contribution < 1.29 is 0 Å². The second kappa shape index (κ2) is 5.13. The number of nitrogens with two attached hydrogens (primary N) is 1. The molecule has 0 radical (unpaired) electrons. The molecule has 0 heterocycles. The van der Waals surface area contributed by atoms with E-state index in [1.165, 1.54) is 11.1 Å². The van der Waals surface area contributed by atoms with Gasteiger partial charge in [0, 0.05) is 5.02 Å². The highest BCUT2D eigenvalue weighted by molar-refractivity contribution is 6.32. The van der Waals surface area contributed by atoms with E-state index in [1.54, 1.807) is 0 Å². The smallest absolute Gasteiger partial charge is 0.0569 e. The third-order valence-corrected chi connectivity index (χ3v) is 4.05. The van der Waals surface area contributed by atoms with Crippen molar-refractivity contribution in [3.8, 4) is 0 Å². The van der Waals surface area contributed by atoms with Crippen molar-refractivity contribution in [1.29, 1.82) is 0 Å². The Hall–Kier alpha value is -1.31. The zero-order chi connectivity index (χ0) is 13.3. The fraction of sp³-hybridized carbons (Fsp3) is 0.250. The van der Waals surface area contributed by atoms with Crippen LogP contribution in [-0.2, 0) is 0 Å². The summed E-state index contributed by atoms with van der Waals surface area (Å²) in [5.74, 6) is 0. The van der Waals surface area contributed by atoms with Crippen LogP contribution in [0.1, 0.15) is 33.9 Å². The average molecular weight is 260 g/mol. The van der Waals surface area contributed by atoms with Crippen LogP contribution in [0.4, 0.5) is 0 Å². The monoisotopic (exact) mass is 259 g/mol. The van der Waals surface area contributed by atoms with Gasteiger partial charge in [-0.15, -0.1) is 0 Å². The highest BCUT2D eigenvalue weighted by Gasteiger charge is 2.15. The molecule has 2 aromatic carbocycles. The Morgan fingerprint density at radius 1 is 0.889 bits per heavy atom. The molecule has 0 fully saturated rings. The molecule has 94 valence electrons. The van der Waals surface area contributed by atoms with Crippen LogP contribution >= 0.6 is 11.6 Å². The van der Waals surface area contributed by atoms with Crippen molar-refractivity contribution in [1.82, 2.24) is 0 Å². The van der Waals surface area contributed by atoms with E-state index in [-0.39, 0.29) is 6.04 Å². The molecule has 18 heavy (non-hydrogen) atoms. The van der Waals surface area contributed by atoms with Crippen LogP contribution in [0.2, 0.25) is 5.02 Å². The molecule has 0 amide bonds. The fourth-order valence-corrected chi connectivity index (χ4v) is 2.43. The summed E-state index contributed by atoms with van der Waals surface area (Å²) in [6, 6.07) is 12.1. The number of aryl methyl sites for hydroxylation is 2. The Bertz CT molecular complexity index is 524. The molecule has 0 saturated carbocycles. The van der Waals surface area contributed by atoms with Gasteiger partial charge in [-0.3, -0.25) is 0 Å².